The number of amides is 2. The van der Waals surface area contributed by atoms with Crippen LogP contribution in [0.25, 0.3) is 0 Å². The summed E-state index contributed by atoms with van der Waals surface area (Å²) in [7, 11) is 3.01. The van der Waals surface area contributed by atoms with Crippen LogP contribution < -0.4 is 5.32 Å². The number of aliphatic carboxylic acids is 1. The van der Waals surface area contributed by atoms with Gasteiger partial charge in [-0.05, 0) is 6.42 Å². The highest BCUT2D eigenvalue weighted by Crippen LogP contribution is 2.10. The van der Waals surface area contributed by atoms with Crippen LogP contribution >= 0.6 is 0 Å². The van der Waals surface area contributed by atoms with Gasteiger partial charge in [-0.3, -0.25) is 0 Å². The van der Waals surface area contributed by atoms with Crippen molar-refractivity contribution < 1.29 is 24.2 Å². The summed E-state index contributed by atoms with van der Waals surface area (Å²) in [6, 6.07) is -1.45. The van der Waals surface area contributed by atoms with Crippen LogP contribution in [0.15, 0.2) is 0 Å². The number of urea groups is 1. The van der Waals surface area contributed by atoms with Crippen LogP contribution in [0.1, 0.15) is 6.42 Å². The Labute approximate surface area is 99.7 Å². The van der Waals surface area contributed by atoms with Gasteiger partial charge in [0.15, 0.2) is 6.04 Å². The maximum absolute atomic E-state index is 11.8. The summed E-state index contributed by atoms with van der Waals surface area (Å²) in [5.41, 5.74) is 0. The topological polar surface area (TPSA) is 88.1 Å². The summed E-state index contributed by atoms with van der Waals surface area (Å²) in [5, 5.41) is 11.3. The molecule has 0 aromatic carbocycles. The van der Waals surface area contributed by atoms with Crippen molar-refractivity contribution in [1.82, 2.24) is 10.2 Å². The van der Waals surface area contributed by atoms with Crippen molar-refractivity contribution in [1.29, 1.82) is 0 Å². The molecule has 0 radical (unpaired) electrons. The van der Waals surface area contributed by atoms with E-state index in [2.05, 4.69) is 5.32 Å². The lowest BCUT2D eigenvalue weighted by Gasteiger charge is -2.25. The van der Waals surface area contributed by atoms with E-state index in [1.54, 1.807) is 7.05 Å². The number of rotatable bonds is 5. The third-order valence-corrected chi connectivity index (χ3v) is 2.70. The van der Waals surface area contributed by atoms with E-state index < -0.39 is 18.0 Å². The van der Waals surface area contributed by atoms with Gasteiger partial charge >= 0.3 is 12.0 Å². The molecule has 0 bridgehead atoms. The third kappa shape index (κ3) is 3.86. The Hall–Kier alpha value is -1.34. The monoisotopic (exact) mass is 246 g/mol. The zero-order chi connectivity index (χ0) is 12.8. The van der Waals surface area contributed by atoms with Gasteiger partial charge in [-0.15, -0.1) is 0 Å². The third-order valence-electron chi connectivity index (χ3n) is 2.70. The summed E-state index contributed by atoms with van der Waals surface area (Å²) in [4.78, 5) is 24.1. The average molecular weight is 246 g/mol. The number of carbonyl (C=O) groups excluding carboxylic acids is 1. The molecule has 0 saturated carbocycles. The zero-order valence-corrected chi connectivity index (χ0v) is 10.0. The van der Waals surface area contributed by atoms with Gasteiger partial charge in [-0.1, -0.05) is 0 Å². The van der Waals surface area contributed by atoms with Crippen LogP contribution in [0.4, 0.5) is 4.79 Å². The number of ether oxygens (including phenoxy) is 2. The molecular formula is C10H18N2O5. The van der Waals surface area contributed by atoms with Gasteiger partial charge < -0.3 is 24.8 Å². The van der Waals surface area contributed by atoms with E-state index in [9.17, 15) is 9.59 Å². The Kier molecular flexibility index (Phi) is 5.17. The molecule has 0 spiro atoms. The van der Waals surface area contributed by atoms with E-state index in [1.165, 1.54) is 12.0 Å². The standard InChI is InChI=1S/C10H18N2O5/c1-12(7-3-4-17-5-7)10(15)11-8(6-16-2)9(13)14/h7-8H,3-6H2,1-2H3,(H,11,15)(H,13,14). The molecule has 1 fully saturated rings. The fourth-order valence-electron chi connectivity index (χ4n) is 1.59. The van der Waals surface area contributed by atoms with Crippen molar-refractivity contribution in [2.24, 2.45) is 0 Å². The SMILES string of the molecule is COCC(NC(=O)N(C)C1CCOC1)C(=O)O. The Morgan fingerprint density at radius 2 is 2.35 bits per heavy atom. The Balaban J connectivity index is 2.47. The summed E-state index contributed by atoms with van der Waals surface area (Å²) in [6.07, 6.45) is 0.770. The number of carboxylic acid groups (broad SMARTS) is 1. The molecule has 2 atom stereocenters. The van der Waals surface area contributed by atoms with Crippen LogP contribution in [-0.2, 0) is 14.3 Å². The van der Waals surface area contributed by atoms with E-state index in [0.717, 1.165) is 6.42 Å². The van der Waals surface area contributed by atoms with Gasteiger partial charge in [0.2, 0.25) is 0 Å². The molecular weight excluding hydrogens is 228 g/mol. The molecule has 0 aromatic heterocycles. The predicted octanol–water partition coefficient (Wildman–Crippen LogP) is -0.484. The molecule has 17 heavy (non-hydrogen) atoms. The minimum atomic E-state index is -1.11. The number of carbonyl (C=O) groups is 2. The molecule has 0 aromatic rings. The molecule has 1 aliphatic heterocycles. The first kappa shape index (κ1) is 13.7. The van der Waals surface area contributed by atoms with E-state index in [1.807, 2.05) is 0 Å². The van der Waals surface area contributed by atoms with Crippen LogP contribution in [0.5, 0.6) is 0 Å². The van der Waals surface area contributed by atoms with Gasteiger partial charge in [-0.2, -0.15) is 0 Å². The summed E-state index contributed by atoms with van der Waals surface area (Å²) < 4.78 is 9.90. The lowest BCUT2D eigenvalue weighted by Crippen LogP contribution is -2.51. The van der Waals surface area contributed by atoms with Crippen molar-refractivity contribution in [2.75, 3.05) is 34.0 Å². The zero-order valence-electron chi connectivity index (χ0n) is 10.0. The molecule has 1 aliphatic rings. The van der Waals surface area contributed by atoms with Gasteiger partial charge in [-0.25, -0.2) is 9.59 Å². The normalized spacial score (nSPS) is 20.9. The molecule has 2 unspecified atom stereocenters. The molecule has 7 nitrogen and oxygen atoms in total. The maximum atomic E-state index is 11.8. The second-order valence-electron chi connectivity index (χ2n) is 3.92. The van der Waals surface area contributed by atoms with Crippen LogP contribution in [-0.4, -0.2) is 68.1 Å². The second-order valence-corrected chi connectivity index (χ2v) is 3.92. The Bertz CT molecular complexity index is 278. The Morgan fingerprint density at radius 3 is 2.82 bits per heavy atom. The number of nitrogens with one attached hydrogen (secondary N) is 1. The molecule has 7 heteroatoms. The number of nitrogens with zero attached hydrogens (tertiary/aromatic N) is 1. The number of hydrogen-bond donors (Lipinski definition) is 2. The fourth-order valence-corrected chi connectivity index (χ4v) is 1.59. The smallest absolute Gasteiger partial charge is 0.328 e. The highest BCUT2D eigenvalue weighted by Gasteiger charge is 2.27. The highest BCUT2D eigenvalue weighted by molar-refractivity contribution is 5.82. The van der Waals surface area contributed by atoms with Crippen LogP contribution in [0, 0.1) is 0 Å². The Morgan fingerprint density at radius 1 is 1.65 bits per heavy atom. The number of hydrogen-bond acceptors (Lipinski definition) is 4. The number of carboxylic acids is 1. The van der Waals surface area contributed by atoms with E-state index in [-0.39, 0.29) is 12.6 Å². The van der Waals surface area contributed by atoms with Gasteiger partial charge in [0, 0.05) is 20.8 Å². The minimum absolute atomic E-state index is 0.00647. The highest BCUT2D eigenvalue weighted by atomic mass is 16.5. The minimum Gasteiger partial charge on any atom is -0.480 e. The predicted molar refractivity (Wildman–Crippen MR) is 58.8 cm³/mol. The van der Waals surface area contributed by atoms with Gasteiger partial charge in [0.1, 0.15) is 0 Å². The molecule has 2 N–H and O–H groups in total. The van der Waals surface area contributed by atoms with Crippen molar-refractivity contribution in [3.63, 3.8) is 0 Å². The van der Waals surface area contributed by atoms with Crippen molar-refractivity contribution >= 4 is 12.0 Å². The molecule has 1 saturated heterocycles. The largest absolute Gasteiger partial charge is 0.480 e. The number of methoxy groups -OCH3 is 1. The van der Waals surface area contributed by atoms with E-state index in [4.69, 9.17) is 14.6 Å². The molecule has 98 valence electrons. The first-order chi connectivity index (χ1) is 8.06. The van der Waals surface area contributed by atoms with Crippen molar-refractivity contribution in [3.05, 3.63) is 0 Å². The summed E-state index contributed by atoms with van der Waals surface area (Å²) in [5.74, 6) is -1.11. The number of likely N-dealkylation sites (N-methyl/N-ethyl adjacent to an activating group) is 1. The summed E-state index contributed by atoms with van der Waals surface area (Å²) in [6.45, 7) is 1.06. The van der Waals surface area contributed by atoms with E-state index >= 15 is 0 Å². The first-order valence-corrected chi connectivity index (χ1v) is 5.39. The maximum Gasteiger partial charge on any atom is 0.328 e. The van der Waals surface area contributed by atoms with Crippen LogP contribution in [0.3, 0.4) is 0 Å². The van der Waals surface area contributed by atoms with E-state index in [0.29, 0.717) is 13.2 Å². The molecule has 0 aliphatic carbocycles. The fraction of sp³-hybridized carbons (Fsp3) is 0.800. The molecule has 1 heterocycles. The van der Waals surface area contributed by atoms with Gasteiger partial charge in [0.25, 0.3) is 0 Å². The average Bonchev–Trinajstić information content (AvgIpc) is 2.80. The second kappa shape index (κ2) is 6.41. The quantitative estimate of drug-likeness (QED) is 0.684. The lowest BCUT2D eigenvalue weighted by molar-refractivity contribution is -0.140. The first-order valence-electron chi connectivity index (χ1n) is 5.39. The van der Waals surface area contributed by atoms with Crippen molar-refractivity contribution in [3.8, 4) is 0 Å². The molecule has 1 rings (SSSR count). The van der Waals surface area contributed by atoms with Gasteiger partial charge in [0.05, 0.1) is 19.3 Å². The van der Waals surface area contributed by atoms with Crippen LogP contribution in [0.2, 0.25) is 0 Å². The van der Waals surface area contributed by atoms with Crippen molar-refractivity contribution in [2.45, 2.75) is 18.5 Å². The lowest BCUT2D eigenvalue weighted by atomic mass is 10.2. The summed E-state index contributed by atoms with van der Waals surface area (Å²) >= 11 is 0. The molecule has 2 amide bonds.